The van der Waals surface area contributed by atoms with Crippen molar-refractivity contribution < 1.29 is 22.8 Å². The molecule has 0 saturated carbocycles. The summed E-state index contributed by atoms with van der Waals surface area (Å²) in [7, 11) is -3.39. The summed E-state index contributed by atoms with van der Waals surface area (Å²) in [6.07, 6.45) is 0.486. The molecule has 2 heterocycles. The van der Waals surface area contributed by atoms with Gasteiger partial charge in [-0.2, -0.15) is 0 Å². The van der Waals surface area contributed by atoms with Crippen molar-refractivity contribution in [3.05, 3.63) is 62.6 Å². The lowest BCUT2D eigenvalue weighted by Crippen LogP contribution is -2.35. The molecule has 0 bridgehead atoms. The molecule has 2 aromatic carbocycles. The first-order chi connectivity index (χ1) is 14.1. The monoisotopic (exact) mass is 466 g/mol. The maximum atomic E-state index is 12.8. The van der Waals surface area contributed by atoms with Crippen molar-refractivity contribution in [1.82, 2.24) is 4.90 Å². The lowest BCUT2D eigenvalue weighted by Gasteiger charge is -2.18. The number of ketones is 1. The Morgan fingerprint density at radius 1 is 1.03 bits per heavy atom. The fourth-order valence-corrected chi connectivity index (χ4v) is 5.14. The second-order valence-corrected chi connectivity index (χ2v) is 9.99. The lowest BCUT2D eigenvalue weighted by molar-refractivity contribution is 0.0624. The van der Waals surface area contributed by atoms with Crippen LogP contribution in [0.1, 0.15) is 43.6 Å². The minimum absolute atomic E-state index is 0.0130. The van der Waals surface area contributed by atoms with Gasteiger partial charge in [-0.15, -0.1) is 0 Å². The first-order valence-corrected chi connectivity index (χ1v) is 11.5. The van der Waals surface area contributed by atoms with Crippen molar-refractivity contribution in [3.8, 4) is 0 Å². The van der Waals surface area contributed by atoms with Crippen molar-refractivity contribution >= 4 is 56.5 Å². The Labute approximate surface area is 183 Å². The SMILES string of the molecule is CCS(=O)(=O)N1CCc2cc(C(=O)CN3C(=O)c4cc(Cl)c(Cl)cc4C3=O)ccc21. The van der Waals surface area contributed by atoms with Crippen LogP contribution in [0.25, 0.3) is 0 Å². The molecule has 10 heteroatoms. The lowest BCUT2D eigenvalue weighted by atomic mass is 10.0. The number of nitrogens with zero attached hydrogens (tertiary/aromatic N) is 2. The summed E-state index contributed by atoms with van der Waals surface area (Å²) in [4.78, 5) is 38.8. The van der Waals surface area contributed by atoms with Gasteiger partial charge in [0.2, 0.25) is 10.0 Å². The van der Waals surface area contributed by atoms with Gasteiger partial charge in [0, 0.05) is 12.1 Å². The Bertz CT molecular complexity index is 1180. The van der Waals surface area contributed by atoms with Gasteiger partial charge in [0.25, 0.3) is 11.8 Å². The first-order valence-electron chi connectivity index (χ1n) is 9.16. The predicted molar refractivity (Wildman–Crippen MR) is 113 cm³/mol. The van der Waals surface area contributed by atoms with Crippen molar-refractivity contribution in [2.45, 2.75) is 13.3 Å². The molecule has 0 spiro atoms. The molecule has 2 amide bonds. The minimum atomic E-state index is -3.39. The fourth-order valence-electron chi connectivity index (χ4n) is 3.65. The number of carbonyl (C=O) groups excluding carboxylic acids is 3. The fraction of sp³-hybridized carbons (Fsp3) is 0.250. The molecule has 7 nitrogen and oxygen atoms in total. The van der Waals surface area contributed by atoms with E-state index in [0.29, 0.717) is 24.2 Å². The molecule has 2 aliphatic heterocycles. The highest BCUT2D eigenvalue weighted by atomic mass is 35.5. The van der Waals surface area contributed by atoms with E-state index in [0.717, 1.165) is 10.5 Å². The molecule has 0 aliphatic carbocycles. The second kappa shape index (κ2) is 7.37. The number of halogens is 2. The number of hydrogen-bond acceptors (Lipinski definition) is 5. The average molecular weight is 467 g/mol. The highest BCUT2D eigenvalue weighted by Gasteiger charge is 2.38. The molecule has 0 fully saturated rings. The molecule has 0 N–H and O–H groups in total. The van der Waals surface area contributed by atoms with Gasteiger partial charge in [-0.05, 0) is 49.2 Å². The maximum Gasteiger partial charge on any atom is 0.262 e. The Morgan fingerprint density at radius 3 is 2.20 bits per heavy atom. The van der Waals surface area contributed by atoms with Gasteiger partial charge >= 0.3 is 0 Å². The molecular formula is C20H16Cl2N2O5S. The number of hydrogen-bond donors (Lipinski definition) is 0. The number of imide groups is 1. The Morgan fingerprint density at radius 2 is 1.63 bits per heavy atom. The van der Waals surface area contributed by atoms with Crippen LogP contribution < -0.4 is 4.31 Å². The van der Waals surface area contributed by atoms with E-state index >= 15 is 0 Å². The number of amides is 2. The van der Waals surface area contributed by atoms with E-state index in [1.165, 1.54) is 22.5 Å². The number of anilines is 1. The zero-order chi connectivity index (χ0) is 21.8. The largest absolute Gasteiger partial charge is 0.292 e. The molecule has 4 rings (SSSR count). The topological polar surface area (TPSA) is 91.8 Å². The van der Waals surface area contributed by atoms with Crippen LogP contribution in [0.5, 0.6) is 0 Å². The third-order valence-electron chi connectivity index (χ3n) is 5.27. The molecule has 0 saturated heterocycles. The smallest absolute Gasteiger partial charge is 0.262 e. The van der Waals surface area contributed by atoms with E-state index in [9.17, 15) is 22.8 Å². The van der Waals surface area contributed by atoms with E-state index in [4.69, 9.17) is 23.2 Å². The van der Waals surface area contributed by atoms with Gasteiger partial charge in [0.05, 0.1) is 39.2 Å². The molecule has 156 valence electrons. The number of benzene rings is 2. The van der Waals surface area contributed by atoms with E-state index in [2.05, 4.69) is 0 Å². The summed E-state index contributed by atoms with van der Waals surface area (Å²) in [5.41, 5.74) is 1.81. The maximum absolute atomic E-state index is 12.8. The quantitative estimate of drug-likeness (QED) is 0.498. The zero-order valence-corrected chi connectivity index (χ0v) is 18.1. The number of sulfonamides is 1. The molecular weight excluding hydrogens is 451 g/mol. The minimum Gasteiger partial charge on any atom is -0.292 e. The van der Waals surface area contributed by atoms with Crippen molar-refractivity contribution in [2.24, 2.45) is 0 Å². The van der Waals surface area contributed by atoms with Gasteiger partial charge in [-0.1, -0.05) is 23.2 Å². The number of fused-ring (bicyclic) bond motifs is 2. The number of carbonyl (C=O) groups is 3. The van der Waals surface area contributed by atoms with Crippen LogP contribution in [0, 0.1) is 0 Å². The van der Waals surface area contributed by atoms with Crippen LogP contribution in [0.2, 0.25) is 10.0 Å². The van der Waals surface area contributed by atoms with Gasteiger partial charge in [-0.25, -0.2) is 8.42 Å². The van der Waals surface area contributed by atoms with Gasteiger partial charge in [0.1, 0.15) is 0 Å². The standard InChI is InChI=1S/C20H16Cl2N2O5S/c1-2-30(28,29)24-6-5-11-7-12(3-4-17(11)24)18(25)10-23-19(26)13-8-15(21)16(22)9-14(13)20(23)27/h3-4,7-9H,2,5-6,10H2,1H3. The molecule has 0 unspecified atom stereocenters. The molecule has 0 aromatic heterocycles. The summed E-state index contributed by atoms with van der Waals surface area (Å²) >= 11 is 11.9. The molecule has 0 atom stereocenters. The predicted octanol–water partition coefficient (Wildman–Crippen LogP) is 3.18. The summed E-state index contributed by atoms with van der Waals surface area (Å²) < 4.78 is 25.7. The molecule has 0 radical (unpaired) electrons. The average Bonchev–Trinajstić information content (AvgIpc) is 3.24. The summed E-state index contributed by atoms with van der Waals surface area (Å²) in [5.74, 6) is -1.66. The highest BCUT2D eigenvalue weighted by molar-refractivity contribution is 7.92. The Balaban J connectivity index is 1.57. The van der Waals surface area contributed by atoms with Gasteiger partial charge in [0.15, 0.2) is 5.78 Å². The van der Waals surface area contributed by atoms with Crippen molar-refractivity contribution in [3.63, 3.8) is 0 Å². The Hall–Kier alpha value is -2.42. The van der Waals surface area contributed by atoms with Crippen LogP contribution >= 0.6 is 23.2 Å². The van der Waals surface area contributed by atoms with Gasteiger partial charge < -0.3 is 0 Å². The summed E-state index contributed by atoms with van der Waals surface area (Å²) in [5, 5.41) is 0.296. The van der Waals surface area contributed by atoms with E-state index < -0.39 is 34.2 Å². The summed E-state index contributed by atoms with van der Waals surface area (Å²) in [6, 6.07) is 7.36. The third-order valence-corrected chi connectivity index (χ3v) is 7.77. The highest BCUT2D eigenvalue weighted by Crippen LogP contribution is 2.33. The van der Waals surface area contributed by atoms with E-state index in [1.807, 2.05) is 0 Å². The third kappa shape index (κ3) is 3.29. The van der Waals surface area contributed by atoms with Crippen LogP contribution in [0.4, 0.5) is 5.69 Å². The number of rotatable bonds is 5. The Kier molecular flexibility index (Phi) is 5.12. The molecule has 2 aromatic rings. The normalized spacial score (nSPS) is 15.6. The van der Waals surface area contributed by atoms with Crippen molar-refractivity contribution in [1.29, 1.82) is 0 Å². The van der Waals surface area contributed by atoms with E-state index in [1.54, 1.807) is 19.1 Å². The van der Waals surface area contributed by atoms with Crippen LogP contribution in [-0.2, 0) is 16.4 Å². The summed E-state index contributed by atoms with van der Waals surface area (Å²) in [6.45, 7) is 1.47. The number of Topliss-reactive ketones (excluding diaryl/α,β-unsaturated/α-hetero) is 1. The van der Waals surface area contributed by atoms with E-state index in [-0.39, 0.29) is 26.9 Å². The van der Waals surface area contributed by atoms with Gasteiger partial charge in [-0.3, -0.25) is 23.6 Å². The van der Waals surface area contributed by atoms with Crippen molar-refractivity contribution in [2.75, 3.05) is 23.1 Å². The zero-order valence-electron chi connectivity index (χ0n) is 15.8. The van der Waals surface area contributed by atoms with Crippen LogP contribution in [0.15, 0.2) is 30.3 Å². The molecule has 2 aliphatic rings. The molecule has 30 heavy (non-hydrogen) atoms. The first kappa shape index (κ1) is 20.8. The van der Waals surface area contributed by atoms with Crippen LogP contribution in [0.3, 0.4) is 0 Å². The van der Waals surface area contributed by atoms with Crippen LogP contribution in [-0.4, -0.2) is 49.8 Å². The second-order valence-electron chi connectivity index (χ2n) is 7.00.